The predicted octanol–water partition coefficient (Wildman–Crippen LogP) is 6.45. The lowest BCUT2D eigenvalue weighted by molar-refractivity contribution is 0.218. The normalized spacial score (nSPS) is 16.8. The molecule has 17 heavy (non-hydrogen) atoms. The van der Waals surface area contributed by atoms with E-state index >= 15 is 0 Å². The van der Waals surface area contributed by atoms with E-state index in [1.54, 1.807) is 0 Å². The highest BCUT2D eigenvalue weighted by molar-refractivity contribution is 4.71. The predicted molar refractivity (Wildman–Crippen MR) is 80.4 cm³/mol. The van der Waals surface area contributed by atoms with E-state index in [-0.39, 0.29) is 0 Å². The van der Waals surface area contributed by atoms with Crippen molar-refractivity contribution in [2.75, 3.05) is 0 Å². The van der Waals surface area contributed by atoms with E-state index in [2.05, 4.69) is 34.6 Å². The van der Waals surface area contributed by atoms with E-state index in [9.17, 15) is 0 Å². The Bertz CT molecular complexity index is 150. The van der Waals surface area contributed by atoms with Crippen LogP contribution in [0.25, 0.3) is 0 Å². The summed E-state index contributed by atoms with van der Waals surface area (Å²) in [6.45, 7) is 12.0. The van der Waals surface area contributed by atoms with Crippen molar-refractivity contribution in [1.82, 2.24) is 0 Å². The second-order valence-electron chi connectivity index (χ2n) is 6.02. The Hall–Kier alpha value is 0. The quantitative estimate of drug-likeness (QED) is 0.364. The summed E-state index contributed by atoms with van der Waals surface area (Å²) in [4.78, 5) is 0. The smallest absolute Gasteiger partial charge is 0.0365 e. The van der Waals surface area contributed by atoms with Gasteiger partial charge in [0.1, 0.15) is 0 Å². The fraction of sp³-hybridized carbons (Fsp3) is 1.00. The Morgan fingerprint density at radius 3 is 1.65 bits per heavy atom. The fourth-order valence-electron chi connectivity index (χ4n) is 3.21. The molecule has 0 aromatic rings. The van der Waals surface area contributed by atoms with Gasteiger partial charge in [-0.15, -0.1) is 0 Å². The lowest BCUT2D eigenvalue weighted by Gasteiger charge is -2.29. The summed E-state index contributed by atoms with van der Waals surface area (Å²) in [5, 5.41) is 0. The summed E-state index contributed by atoms with van der Waals surface area (Å²) < 4.78 is 0. The van der Waals surface area contributed by atoms with Gasteiger partial charge in [-0.3, -0.25) is 0 Å². The Morgan fingerprint density at radius 1 is 0.647 bits per heavy atom. The molecule has 0 aliphatic carbocycles. The van der Waals surface area contributed by atoms with Gasteiger partial charge < -0.3 is 0 Å². The van der Waals surface area contributed by atoms with Gasteiger partial charge >= 0.3 is 0 Å². The molecule has 3 atom stereocenters. The molecule has 0 spiro atoms. The molecule has 0 aromatic heterocycles. The molecule has 0 rings (SSSR count). The van der Waals surface area contributed by atoms with Crippen molar-refractivity contribution in [1.29, 1.82) is 0 Å². The van der Waals surface area contributed by atoms with Crippen molar-refractivity contribution >= 4 is 0 Å². The summed E-state index contributed by atoms with van der Waals surface area (Å²) in [6.07, 6.45) is 12.7. The zero-order valence-electron chi connectivity index (χ0n) is 13.1. The maximum absolute atomic E-state index is 2.49. The van der Waals surface area contributed by atoms with Gasteiger partial charge in [-0.1, -0.05) is 92.4 Å². The van der Waals surface area contributed by atoms with E-state index in [0.29, 0.717) is 0 Å². The van der Waals surface area contributed by atoms with Gasteiger partial charge in [0.15, 0.2) is 0 Å². The molecular formula is C17H36. The highest BCUT2D eigenvalue weighted by Crippen LogP contribution is 2.31. The average molecular weight is 240 g/mol. The third kappa shape index (κ3) is 7.84. The largest absolute Gasteiger partial charge is 0.0654 e. The van der Waals surface area contributed by atoms with Gasteiger partial charge in [-0.2, -0.15) is 0 Å². The van der Waals surface area contributed by atoms with E-state index < -0.39 is 0 Å². The van der Waals surface area contributed by atoms with Gasteiger partial charge in [-0.05, 0) is 17.8 Å². The van der Waals surface area contributed by atoms with Crippen LogP contribution in [0, 0.1) is 17.8 Å². The highest BCUT2D eigenvalue weighted by atomic mass is 14.3. The molecule has 0 aromatic carbocycles. The molecule has 0 aliphatic heterocycles. The van der Waals surface area contributed by atoms with Crippen LogP contribution in [0.4, 0.5) is 0 Å². The third-order valence-corrected chi connectivity index (χ3v) is 4.46. The van der Waals surface area contributed by atoms with Gasteiger partial charge in [-0.25, -0.2) is 0 Å². The topological polar surface area (TPSA) is 0 Å². The second kappa shape index (κ2) is 11.1. The molecule has 0 N–H and O–H groups in total. The fourth-order valence-corrected chi connectivity index (χ4v) is 3.21. The molecule has 104 valence electrons. The lowest BCUT2D eigenvalue weighted by atomic mass is 9.77. The van der Waals surface area contributed by atoms with Crippen LogP contribution in [-0.4, -0.2) is 0 Å². The summed E-state index contributed by atoms with van der Waals surface area (Å²) in [5.41, 5.74) is 0. The van der Waals surface area contributed by atoms with E-state index in [1.165, 1.54) is 57.8 Å². The zero-order valence-corrected chi connectivity index (χ0v) is 13.1. The van der Waals surface area contributed by atoms with Crippen LogP contribution in [0.3, 0.4) is 0 Å². The summed E-state index contributed by atoms with van der Waals surface area (Å²) in [6, 6.07) is 0. The van der Waals surface area contributed by atoms with Gasteiger partial charge in [0.25, 0.3) is 0 Å². The first-order valence-electron chi connectivity index (χ1n) is 8.17. The van der Waals surface area contributed by atoms with Crippen molar-refractivity contribution in [2.24, 2.45) is 17.8 Å². The second-order valence-corrected chi connectivity index (χ2v) is 6.02. The average Bonchev–Trinajstić information content (AvgIpc) is 2.33. The Balaban J connectivity index is 3.88. The van der Waals surface area contributed by atoms with Gasteiger partial charge in [0.2, 0.25) is 0 Å². The van der Waals surface area contributed by atoms with Crippen LogP contribution in [0.5, 0.6) is 0 Å². The van der Waals surface area contributed by atoms with Crippen molar-refractivity contribution in [3.05, 3.63) is 0 Å². The highest BCUT2D eigenvalue weighted by Gasteiger charge is 2.21. The first-order valence-corrected chi connectivity index (χ1v) is 8.17. The van der Waals surface area contributed by atoms with Crippen LogP contribution in [0.2, 0.25) is 0 Å². The molecule has 0 bridgehead atoms. The summed E-state index contributed by atoms with van der Waals surface area (Å²) in [5.74, 6) is 2.83. The van der Waals surface area contributed by atoms with Crippen LogP contribution in [0.1, 0.15) is 92.4 Å². The number of unbranched alkanes of at least 4 members (excludes halogenated alkanes) is 4. The molecule has 0 saturated heterocycles. The maximum atomic E-state index is 2.49. The minimum absolute atomic E-state index is 0.932. The van der Waals surface area contributed by atoms with Crippen molar-refractivity contribution in [3.63, 3.8) is 0 Å². The molecule has 0 nitrogen and oxygen atoms in total. The molecule has 3 unspecified atom stereocenters. The summed E-state index contributed by atoms with van der Waals surface area (Å²) >= 11 is 0. The van der Waals surface area contributed by atoms with E-state index in [1.807, 2.05) is 0 Å². The van der Waals surface area contributed by atoms with E-state index in [0.717, 1.165) is 17.8 Å². The Labute approximate surface area is 111 Å². The van der Waals surface area contributed by atoms with Crippen molar-refractivity contribution in [2.45, 2.75) is 92.4 Å². The monoisotopic (exact) mass is 240 g/mol. The molecule has 0 heterocycles. The maximum Gasteiger partial charge on any atom is -0.0365 e. The minimum Gasteiger partial charge on any atom is -0.0654 e. The van der Waals surface area contributed by atoms with Crippen molar-refractivity contribution < 1.29 is 0 Å². The molecule has 0 amide bonds. The zero-order chi connectivity index (χ0) is 13.1. The third-order valence-electron chi connectivity index (χ3n) is 4.46. The Kier molecular flexibility index (Phi) is 11.1. The van der Waals surface area contributed by atoms with E-state index in [4.69, 9.17) is 0 Å². The van der Waals surface area contributed by atoms with Crippen LogP contribution in [-0.2, 0) is 0 Å². The molecule has 0 fully saturated rings. The minimum atomic E-state index is 0.932. The Morgan fingerprint density at radius 2 is 1.18 bits per heavy atom. The first-order chi connectivity index (χ1) is 8.17. The molecule has 0 aliphatic rings. The number of hydrogen-bond acceptors (Lipinski definition) is 0. The van der Waals surface area contributed by atoms with Crippen LogP contribution in [0.15, 0.2) is 0 Å². The number of hydrogen-bond donors (Lipinski definition) is 0. The first kappa shape index (κ1) is 17.0. The molecule has 0 radical (unpaired) electrons. The van der Waals surface area contributed by atoms with Crippen LogP contribution >= 0.6 is 0 Å². The van der Waals surface area contributed by atoms with Crippen LogP contribution < -0.4 is 0 Å². The molecule has 0 heteroatoms. The SMILES string of the molecule is CCCCCCC(C)C(CC)C(C)CCCC. The molecular weight excluding hydrogens is 204 g/mol. The van der Waals surface area contributed by atoms with Crippen molar-refractivity contribution in [3.8, 4) is 0 Å². The van der Waals surface area contributed by atoms with Gasteiger partial charge in [0, 0.05) is 0 Å². The standard InChI is InChI=1S/C17H36/c1-6-9-11-12-14-16(5)17(8-3)15(4)13-10-7-2/h15-17H,6-14H2,1-5H3. The van der Waals surface area contributed by atoms with Gasteiger partial charge in [0.05, 0.1) is 0 Å². The summed E-state index contributed by atoms with van der Waals surface area (Å²) in [7, 11) is 0. The lowest BCUT2D eigenvalue weighted by Crippen LogP contribution is -2.19. The number of rotatable bonds is 11. The molecule has 0 saturated carbocycles.